The molecule has 114 valence electrons. The standard InChI is InChI=1S/C16H26N2O.ClH/c1-6-17-12(2)11-18-15(19)13-7-9-14(10-8-13)16(3,4)5;/h7-10,12,17H,6,11H2,1-5H3,(H,18,19);1H/t12-;/m1./s1. The lowest BCUT2D eigenvalue weighted by molar-refractivity contribution is 0.0950. The maximum Gasteiger partial charge on any atom is 0.251 e. The Balaban J connectivity index is 0.00000361. The van der Waals surface area contributed by atoms with E-state index in [2.05, 4.69) is 45.3 Å². The van der Waals surface area contributed by atoms with Crippen molar-refractivity contribution in [1.82, 2.24) is 10.6 Å². The number of amides is 1. The third-order valence-electron chi connectivity index (χ3n) is 3.13. The van der Waals surface area contributed by atoms with Crippen LogP contribution in [-0.2, 0) is 5.41 Å². The Morgan fingerprint density at radius 1 is 1.20 bits per heavy atom. The molecule has 4 heteroatoms. The predicted octanol–water partition coefficient (Wildman–Crippen LogP) is 3.13. The van der Waals surface area contributed by atoms with Gasteiger partial charge in [0.15, 0.2) is 0 Å². The van der Waals surface area contributed by atoms with Crippen molar-refractivity contribution >= 4 is 18.3 Å². The van der Waals surface area contributed by atoms with E-state index in [4.69, 9.17) is 0 Å². The lowest BCUT2D eigenvalue weighted by Gasteiger charge is -2.19. The first-order chi connectivity index (χ1) is 8.84. The molecule has 0 fully saturated rings. The topological polar surface area (TPSA) is 41.1 Å². The van der Waals surface area contributed by atoms with Crippen LogP contribution < -0.4 is 10.6 Å². The third kappa shape index (κ3) is 5.93. The number of likely N-dealkylation sites (N-methyl/N-ethyl adjacent to an activating group) is 1. The molecule has 0 unspecified atom stereocenters. The molecular formula is C16H27ClN2O. The number of nitrogens with one attached hydrogen (secondary N) is 2. The van der Waals surface area contributed by atoms with Crippen LogP contribution in [0, 0.1) is 0 Å². The van der Waals surface area contributed by atoms with Crippen LogP contribution >= 0.6 is 12.4 Å². The van der Waals surface area contributed by atoms with Crippen molar-refractivity contribution in [2.24, 2.45) is 0 Å². The quantitative estimate of drug-likeness (QED) is 0.877. The molecule has 0 aliphatic carbocycles. The monoisotopic (exact) mass is 298 g/mol. The first-order valence-electron chi connectivity index (χ1n) is 6.96. The highest BCUT2D eigenvalue weighted by atomic mass is 35.5. The van der Waals surface area contributed by atoms with E-state index in [1.807, 2.05) is 24.3 Å². The van der Waals surface area contributed by atoms with E-state index in [0.29, 0.717) is 12.6 Å². The van der Waals surface area contributed by atoms with Gasteiger partial charge in [-0.15, -0.1) is 12.4 Å². The van der Waals surface area contributed by atoms with Crippen molar-refractivity contribution < 1.29 is 4.79 Å². The van der Waals surface area contributed by atoms with E-state index in [9.17, 15) is 4.79 Å². The number of hydrogen-bond donors (Lipinski definition) is 2. The summed E-state index contributed by atoms with van der Waals surface area (Å²) >= 11 is 0. The smallest absolute Gasteiger partial charge is 0.251 e. The highest BCUT2D eigenvalue weighted by molar-refractivity contribution is 5.94. The van der Waals surface area contributed by atoms with Gasteiger partial charge in [-0.2, -0.15) is 0 Å². The zero-order valence-corrected chi connectivity index (χ0v) is 13.9. The molecule has 1 rings (SSSR count). The maximum atomic E-state index is 12.0. The van der Waals surface area contributed by atoms with Crippen molar-refractivity contribution in [1.29, 1.82) is 0 Å². The molecule has 1 atom stereocenters. The van der Waals surface area contributed by atoms with Crippen molar-refractivity contribution in [2.75, 3.05) is 13.1 Å². The van der Waals surface area contributed by atoms with Crippen LogP contribution in [-0.4, -0.2) is 25.0 Å². The first-order valence-corrected chi connectivity index (χ1v) is 6.96. The molecule has 3 nitrogen and oxygen atoms in total. The Hall–Kier alpha value is -1.06. The Morgan fingerprint density at radius 2 is 1.75 bits per heavy atom. The van der Waals surface area contributed by atoms with Crippen LogP contribution in [0.4, 0.5) is 0 Å². The SMILES string of the molecule is CCN[C@H](C)CNC(=O)c1ccc(C(C)(C)C)cc1.Cl. The Labute approximate surface area is 128 Å². The van der Waals surface area contributed by atoms with E-state index in [0.717, 1.165) is 12.1 Å². The van der Waals surface area contributed by atoms with Crippen LogP contribution in [0.2, 0.25) is 0 Å². The average molecular weight is 299 g/mol. The lowest BCUT2D eigenvalue weighted by atomic mass is 9.87. The third-order valence-corrected chi connectivity index (χ3v) is 3.13. The Bertz CT molecular complexity index is 409. The second-order valence-electron chi connectivity index (χ2n) is 6.00. The van der Waals surface area contributed by atoms with E-state index in [1.54, 1.807) is 0 Å². The van der Waals surface area contributed by atoms with Crippen molar-refractivity contribution in [2.45, 2.75) is 46.1 Å². The molecule has 0 radical (unpaired) electrons. The molecule has 0 aliphatic rings. The van der Waals surface area contributed by atoms with Gasteiger partial charge in [0.05, 0.1) is 0 Å². The van der Waals surface area contributed by atoms with Gasteiger partial charge in [-0.3, -0.25) is 4.79 Å². The van der Waals surface area contributed by atoms with Gasteiger partial charge >= 0.3 is 0 Å². The normalized spacial score (nSPS) is 12.4. The van der Waals surface area contributed by atoms with Crippen LogP contribution in [0.15, 0.2) is 24.3 Å². The summed E-state index contributed by atoms with van der Waals surface area (Å²) in [6, 6.07) is 8.15. The van der Waals surface area contributed by atoms with E-state index in [1.165, 1.54) is 5.56 Å². The van der Waals surface area contributed by atoms with Crippen molar-refractivity contribution in [3.8, 4) is 0 Å². The minimum Gasteiger partial charge on any atom is -0.350 e. The van der Waals surface area contributed by atoms with Gasteiger partial charge < -0.3 is 10.6 Å². The van der Waals surface area contributed by atoms with Gasteiger partial charge in [-0.25, -0.2) is 0 Å². The summed E-state index contributed by atoms with van der Waals surface area (Å²) in [6.07, 6.45) is 0. The fourth-order valence-electron chi connectivity index (χ4n) is 1.89. The van der Waals surface area contributed by atoms with Crippen molar-refractivity contribution in [3.63, 3.8) is 0 Å². The number of carbonyl (C=O) groups is 1. The molecule has 1 aromatic rings. The van der Waals surface area contributed by atoms with Gasteiger partial charge in [0.1, 0.15) is 0 Å². The van der Waals surface area contributed by atoms with Gasteiger partial charge in [0.25, 0.3) is 5.91 Å². The summed E-state index contributed by atoms with van der Waals surface area (Å²) in [6.45, 7) is 12.2. The summed E-state index contributed by atoms with van der Waals surface area (Å²) in [5.74, 6) is -0.00906. The number of hydrogen-bond acceptors (Lipinski definition) is 2. The molecule has 0 aliphatic heterocycles. The average Bonchev–Trinajstić information content (AvgIpc) is 2.35. The number of carbonyl (C=O) groups excluding carboxylic acids is 1. The number of halogens is 1. The van der Waals surface area contributed by atoms with Crippen LogP contribution in [0.5, 0.6) is 0 Å². The highest BCUT2D eigenvalue weighted by Gasteiger charge is 2.14. The first kappa shape index (κ1) is 18.9. The molecule has 2 N–H and O–H groups in total. The number of benzene rings is 1. The fraction of sp³-hybridized carbons (Fsp3) is 0.562. The zero-order valence-electron chi connectivity index (χ0n) is 13.1. The van der Waals surface area contributed by atoms with Gasteiger partial charge in [-0.05, 0) is 36.6 Å². The van der Waals surface area contributed by atoms with Crippen molar-refractivity contribution in [3.05, 3.63) is 35.4 Å². The zero-order chi connectivity index (χ0) is 14.5. The number of rotatable bonds is 5. The summed E-state index contributed by atoms with van der Waals surface area (Å²) in [5, 5.41) is 6.21. The lowest BCUT2D eigenvalue weighted by Crippen LogP contribution is -2.38. The molecule has 0 spiro atoms. The van der Waals surface area contributed by atoms with E-state index in [-0.39, 0.29) is 23.7 Å². The summed E-state index contributed by atoms with van der Waals surface area (Å²) in [7, 11) is 0. The second-order valence-corrected chi connectivity index (χ2v) is 6.00. The van der Waals surface area contributed by atoms with Crippen LogP contribution in [0.1, 0.15) is 50.5 Å². The molecule has 1 aromatic carbocycles. The highest BCUT2D eigenvalue weighted by Crippen LogP contribution is 2.22. The van der Waals surface area contributed by atoms with E-state index < -0.39 is 0 Å². The van der Waals surface area contributed by atoms with Crippen LogP contribution in [0.25, 0.3) is 0 Å². The second kappa shape index (κ2) is 8.28. The molecule has 0 saturated heterocycles. The summed E-state index contributed by atoms with van der Waals surface area (Å²) < 4.78 is 0. The molecule has 0 aromatic heterocycles. The molecule has 20 heavy (non-hydrogen) atoms. The Kier molecular flexibility index (Phi) is 7.84. The van der Waals surface area contributed by atoms with Crippen LogP contribution in [0.3, 0.4) is 0 Å². The van der Waals surface area contributed by atoms with E-state index >= 15 is 0 Å². The van der Waals surface area contributed by atoms with Gasteiger partial charge in [0.2, 0.25) is 0 Å². The molecular weight excluding hydrogens is 272 g/mol. The summed E-state index contributed by atoms with van der Waals surface area (Å²) in [5.41, 5.74) is 2.08. The molecule has 0 heterocycles. The Morgan fingerprint density at radius 3 is 2.20 bits per heavy atom. The molecule has 1 amide bonds. The largest absolute Gasteiger partial charge is 0.350 e. The minimum absolute atomic E-state index is 0. The molecule has 0 saturated carbocycles. The van der Waals surface area contributed by atoms with Gasteiger partial charge in [0, 0.05) is 18.2 Å². The maximum absolute atomic E-state index is 12.0. The predicted molar refractivity (Wildman–Crippen MR) is 87.9 cm³/mol. The minimum atomic E-state index is -0.00906. The summed E-state index contributed by atoms with van der Waals surface area (Å²) in [4.78, 5) is 12.0. The van der Waals surface area contributed by atoms with Gasteiger partial charge in [-0.1, -0.05) is 39.8 Å². The molecule has 0 bridgehead atoms. The fourth-order valence-corrected chi connectivity index (χ4v) is 1.89.